The summed E-state index contributed by atoms with van der Waals surface area (Å²) in [6.07, 6.45) is 3.43. The number of carboxylic acids is 1. The lowest BCUT2D eigenvalue weighted by molar-refractivity contribution is -0.115. The van der Waals surface area contributed by atoms with Crippen LogP contribution >= 0.6 is 0 Å². The first-order valence-electron chi connectivity index (χ1n) is 12.9. The summed E-state index contributed by atoms with van der Waals surface area (Å²) in [4.78, 5) is 45.9. The van der Waals surface area contributed by atoms with Crippen molar-refractivity contribution < 1.29 is 23.9 Å². The number of amides is 1. The van der Waals surface area contributed by atoms with Crippen LogP contribution in [0.1, 0.15) is 38.0 Å². The van der Waals surface area contributed by atoms with Gasteiger partial charge in [-0.3, -0.25) is 14.6 Å². The number of aromatic nitrogens is 2. The second-order valence-electron chi connectivity index (χ2n) is 9.24. The van der Waals surface area contributed by atoms with Gasteiger partial charge in [0.1, 0.15) is 11.6 Å². The third-order valence-electron chi connectivity index (χ3n) is 6.43. The van der Waals surface area contributed by atoms with E-state index in [1.54, 1.807) is 18.3 Å². The molecule has 0 saturated heterocycles. The number of nitrogens with zero attached hydrogens (tertiary/aromatic N) is 2. The van der Waals surface area contributed by atoms with Crippen molar-refractivity contribution in [3.63, 3.8) is 0 Å². The predicted molar refractivity (Wildman–Crippen MR) is 154 cm³/mol. The number of pyridine rings is 1. The molecule has 0 aliphatic rings. The largest absolute Gasteiger partial charge is 0.478 e. The van der Waals surface area contributed by atoms with Crippen LogP contribution in [0.3, 0.4) is 0 Å². The molecule has 10 heteroatoms. The van der Waals surface area contributed by atoms with Crippen molar-refractivity contribution in [2.75, 3.05) is 23.7 Å². The number of fused-ring (bicyclic) bond motifs is 1. The van der Waals surface area contributed by atoms with Crippen molar-refractivity contribution >= 4 is 40.1 Å². The Labute approximate surface area is 235 Å². The summed E-state index contributed by atoms with van der Waals surface area (Å²) in [6.45, 7) is 0.440. The van der Waals surface area contributed by atoms with Gasteiger partial charge in [0, 0.05) is 36.1 Å². The van der Waals surface area contributed by atoms with E-state index in [-0.39, 0.29) is 23.8 Å². The number of hydrogen-bond donors (Lipinski definition) is 4. The number of Topliss-reactive ketones (excluding diaryl/α,β-unsaturated/α-hetero) is 1. The molecular weight excluding hydrogens is 522 g/mol. The summed E-state index contributed by atoms with van der Waals surface area (Å²) < 4.78 is 5.48. The molecule has 1 amide bonds. The molecule has 0 aliphatic carbocycles. The highest BCUT2D eigenvalue weighted by Gasteiger charge is 2.25. The van der Waals surface area contributed by atoms with Gasteiger partial charge in [0.05, 0.1) is 17.8 Å². The van der Waals surface area contributed by atoms with Crippen molar-refractivity contribution in [1.29, 1.82) is 0 Å². The zero-order chi connectivity index (χ0) is 28.6. The number of aromatic carboxylic acids is 1. The van der Waals surface area contributed by atoms with E-state index < -0.39 is 12.0 Å². The predicted octanol–water partition coefficient (Wildman–Crippen LogP) is 4.73. The Bertz CT molecular complexity index is 1670. The molecule has 2 heterocycles. The van der Waals surface area contributed by atoms with Crippen molar-refractivity contribution in [2.24, 2.45) is 0 Å². The number of hydrogen-bond acceptors (Lipinski definition) is 8. The number of carbonyl (C=O) groups excluding carboxylic acids is 2. The lowest BCUT2D eigenvalue weighted by Crippen LogP contribution is -2.30. The monoisotopic (exact) mass is 549 g/mol. The molecule has 2 aromatic heterocycles. The average Bonchev–Trinajstić information content (AvgIpc) is 3.47. The smallest absolute Gasteiger partial charge is 0.335 e. The number of para-hydroxylation sites is 1. The minimum atomic E-state index is -1.03. The van der Waals surface area contributed by atoms with E-state index in [9.17, 15) is 14.4 Å². The van der Waals surface area contributed by atoms with E-state index in [4.69, 9.17) is 9.52 Å². The van der Waals surface area contributed by atoms with E-state index >= 15 is 0 Å². The van der Waals surface area contributed by atoms with Crippen LogP contribution < -0.4 is 16.0 Å². The van der Waals surface area contributed by atoms with E-state index in [1.165, 1.54) is 30.7 Å². The van der Waals surface area contributed by atoms with Gasteiger partial charge in [-0.2, -0.15) is 0 Å². The van der Waals surface area contributed by atoms with Crippen molar-refractivity contribution in [1.82, 2.24) is 15.3 Å². The quantitative estimate of drug-likeness (QED) is 0.128. The van der Waals surface area contributed by atoms with Gasteiger partial charge in [0.2, 0.25) is 5.91 Å². The van der Waals surface area contributed by atoms with Crippen LogP contribution in [0.15, 0.2) is 102 Å². The Balaban J connectivity index is 1.26. The summed E-state index contributed by atoms with van der Waals surface area (Å²) in [5.41, 5.74) is 4.53. The van der Waals surface area contributed by atoms with Gasteiger partial charge in [-0.25, -0.2) is 9.78 Å². The van der Waals surface area contributed by atoms with Crippen LogP contribution in [0.4, 0.5) is 11.4 Å². The van der Waals surface area contributed by atoms with Crippen LogP contribution in [0.25, 0.3) is 11.1 Å². The summed E-state index contributed by atoms with van der Waals surface area (Å²) in [5, 5.41) is 18.1. The van der Waals surface area contributed by atoms with Gasteiger partial charge in [-0.15, -0.1) is 0 Å². The van der Waals surface area contributed by atoms with Gasteiger partial charge >= 0.3 is 5.97 Å². The fourth-order valence-electron chi connectivity index (χ4n) is 4.38. The number of rotatable bonds is 12. The normalized spacial score (nSPS) is 11.6. The van der Waals surface area contributed by atoms with Crippen molar-refractivity contribution in [3.05, 3.63) is 120 Å². The molecule has 0 radical (unpaired) electrons. The Kier molecular flexibility index (Phi) is 8.41. The minimum Gasteiger partial charge on any atom is -0.478 e. The standard InChI is InChI=1S/C31H27N5O5/c37-28(35-23-11-8-20(9-12-23)31(39)40)18-32-16-14-25-24(7-4-15-33-25)30(38)29(36-22-5-2-1-3-6-22)21-10-13-26-27(17-21)41-19-34-26/h1-13,15,17,19,29,32,36H,14,16,18H2,(H,35,37)(H,39,40). The lowest BCUT2D eigenvalue weighted by atomic mass is 9.95. The van der Waals surface area contributed by atoms with Gasteiger partial charge in [0.15, 0.2) is 17.8 Å². The average molecular weight is 550 g/mol. The highest BCUT2D eigenvalue weighted by molar-refractivity contribution is 6.03. The van der Waals surface area contributed by atoms with Gasteiger partial charge in [-0.1, -0.05) is 24.3 Å². The van der Waals surface area contributed by atoms with Crippen molar-refractivity contribution in [2.45, 2.75) is 12.5 Å². The molecule has 3 aromatic carbocycles. The topological polar surface area (TPSA) is 146 Å². The van der Waals surface area contributed by atoms with Crippen LogP contribution in [0, 0.1) is 0 Å². The number of carbonyl (C=O) groups is 3. The Morgan fingerprint density at radius 2 is 1.68 bits per heavy atom. The summed E-state index contributed by atoms with van der Waals surface area (Å²) >= 11 is 0. The fourth-order valence-corrected chi connectivity index (χ4v) is 4.38. The lowest BCUT2D eigenvalue weighted by Gasteiger charge is -2.20. The molecule has 0 spiro atoms. The number of nitrogens with one attached hydrogen (secondary N) is 3. The third kappa shape index (κ3) is 6.81. The van der Waals surface area contributed by atoms with Crippen LogP contribution in [-0.4, -0.2) is 45.8 Å². The van der Waals surface area contributed by atoms with E-state index in [2.05, 4.69) is 25.9 Å². The molecule has 0 bridgehead atoms. The minimum absolute atomic E-state index is 0.0339. The summed E-state index contributed by atoms with van der Waals surface area (Å²) in [7, 11) is 0. The highest BCUT2D eigenvalue weighted by atomic mass is 16.4. The molecule has 0 fully saturated rings. The summed E-state index contributed by atoms with van der Waals surface area (Å²) in [6, 6.07) is 23.7. The molecule has 0 saturated carbocycles. The molecule has 1 atom stereocenters. The van der Waals surface area contributed by atoms with Gasteiger partial charge in [0.25, 0.3) is 0 Å². The van der Waals surface area contributed by atoms with Gasteiger partial charge in [-0.05, 0) is 66.2 Å². The maximum atomic E-state index is 14.0. The number of oxazole rings is 1. The second kappa shape index (κ2) is 12.7. The molecule has 0 aliphatic heterocycles. The number of benzene rings is 3. The zero-order valence-electron chi connectivity index (χ0n) is 21.9. The molecule has 4 N–H and O–H groups in total. The van der Waals surface area contributed by atoms with E-state index in [0.29, 0.717) is 41.0 Å². The first kappa shape index (κ1) is 27.2. The first-order chi connectivity index (χ1) is 20.0. The van der Waals surface area contributed by atoms with Crippen LogP contribution in [-0.2, 0) is 11.2 Å². The van der Waals surface area contributed by atoms with Crippen LogP contribution in [0.2, 0.25) is 0 Å². The molecule has 5 rings (SSSR count). The maximum absolute atomic E-state index is 14.0. The molecule has 41 heavy (non-hydrogen) atoms. The highest BCUT2D eigenvalue weighted by Crippen LogP contribution is 2.27. The Morgan fingerprint density at radius 3 is 2.46 bits per heavy atom. The molecule has 1 unspecified atom stereocenters. The first-order valence-corrected chi connectivity index (χ1v) is 12.9. The Morgan fingerprint density at radius 1 is 0.878 bits per heavy atom. The molecular formula is C31H27N5O5. The van der Waals surface area contributed by atoms with E-state index in [1.807, 2.05) is 48.5 Å². The Hall–Kier alpha value is -5.35. The van der Waals surface area contributed by atoms with E-state index in [0.717, 1.165) is 11.3 Å². The SMILES string of the molecule is O=C(CNCCc1ncccc1C(=O)C(Nc1ccccc1)c1ccc2ncoc2c1)Nc1ccc(C(=O)O)cc1. The number of carboxylic acid groups (broad SMARTS) is 1. The number of anilines is 2. The number of ketones is 1. The fraction of sp³-hybridized carbons (Fsp3) is 0.129. The van der Waals surface area contributed by atoms with Crippen molar-refractivity contribution in [3.8, 4) is 0 Å². The second-order valence-corrected chi connectivity index (χ2v) is 9.24. The van der Waals surface area contributed by atoms with Crippen LogP contribution in [0.5, 0.6) is 0 Å². The third-order valence-corrected chi connectivity index (χ3v) is 6.43. The maximum Gasteiger partial charge on any atom is 0.335 e. The zero-order valence-corrected chi connectivity index (χ0v) is 21.9. The summed E-state index contributed by atoms with van der Waals surface area (Å²) in [5.74, 6) is -1.46. The molecule has 206 valence electrons. The molecule has 5 aromatic rings. The molecule has 10 nitrogen and oxygen atoms in total. The van der Waals surface area contributed by atoms with Gasteiger partial charge < -0.3 is 25.5 Å².